The van der Waals surface area contributed by atoms with E-state index in [9.17, 15) is 4.79 Å². The first-order valence-electron chi connectivity index (χ1n) is 10.8. The van der Waals surface area contributed by atoms with Crippen molar-refractivity contribution in [3.05, 3.63) is 57.1 Å². The highest BCUT2D eigenvalue weighted by molar-refractivity contribution is 7.10. The van der Waals surface area contributed by atoms with E-state index < -0.39 is 0 Å². The van der Waals surface area contributed by atoms with Gasteiger partial charge in [-0.25, -0.2) is 0 Å². The molecule has 0 aliphatic carbocycles. The third kappa shape index (κ3) is 6.97. The Labute approximate surface area is 182 Å². The van der Waals surface area contributed by atoms with Crippen LogP contribution in [0.25, 0.3) is 0 Å². The van der Waals surface area contributed by atoms with E-state index in [0.29, 0.717) is 0 Å². The molecule has 164 valence electrons. The van der Waals surface area contributed by atoms with Crippen LogP contribution < -0.4 is 16.2 Å². The first-order chi connectivity index (χ1) is 14.8. The van der Waals surface area contributed by atoms with Crippen LogP contribution in [0.1, 0.15) is 30.7 Å². The van der Waals surface area contributed by atoms with Gasteiger partial charge in [0, 0.05) is 49.9 Å². The van der Waals surface area contributed by atoms with Crippen LogP contribution >= 0.6 is 11.3 Å². The van der Waals surface area contributed by atoms with Crippen molar-refractivity contribution in [1.29, 1.82) is 0 Å². The van der Waals surface area contributed by atoms with Gasteiger partial charge in [-0.3, -0.25) is 14.7 Å². The van der Waals surface area contributed by atoms with Crippen LogP contribution in [0, 0.1) is 0 Å². The second kappa shape index (κ2) is 12.5. The van der Waals surface area contributed by atoms with Crippen LogP contribution in [0.3, 0.4) is 0 Å². The molecule has 1 aliphatic heterocycles. The highest BCUT2D eigenvalue weighted by Crippen LogP contribution is 2.26. The predicted octanol–water partition coefficient (Wildman–Crippen LogP) is 2.32. The molecule has 0 aromatic carbocycles. The largest absolute Gasteiger partial charge is 0.379 e. The first kappa shape index (κ1) is 22.5. The van der Waals surface area contributed by atoms with E-state index in [0.717, 1.165) is 71.3 Å². The molecule has 1 aliphatic rings. The summed E-state index contributed by atoms with van der Waals surface area (Å²) in [5.41, 5.74) is 0.0584. The van der Waals surface area contributed by atoms with Gasteiger partial charge in [0.2, 0.25) is 5.56 Å². The van der Waals surface area contributed by atoms with Gasteiger partial charge >= 0.3 is 0 Å². The van der Waals surface area contributed by atoms with Gasteiger partial charge in [0.25, 0.3) is 0 Å². The molecule has 7 nitrogen and oxygen atoms in total. The number of aromatic nitrogens is 1. The minimum absolute atomic E-state index is 0.0584. The second-order valence-electron chi connectivity index (χ2n) is 7.27. The highest BCUT2D eigenvalue weighted by atomic mass is 32.1. The standard InChI is InChI=1S/C22H33N5O2S/c1-2-23-22(24-10-4-6-12-27-11-5-3-9-21(27)28)25-18-19(20-8-7-17-30-20)26-13-15-29-16-14-26/h3,5,7-9,11,17,19H,2,4,6,10,12-16,18H2,1H3,(H2,23,24,25). The Morgan fingerprint density at radius 3 is 2.80 bits per heavy atom. The number of morpholine rings is 1. The molecule has 0 saturated carbocycles. The maximum atomic E-state index is 11.8. The molecule has 30 heavy (non-hydrogen) atoms. The van der Waals surface area contributed by atoms with Crippen molar-refractivity contribution in [2.24, 2.45) is 4.99 Å². The number of rotatable bonds is 10. The summed E-state index contributed by atoms with van der Waals surface area (Å²) in [5.74, 6) is 0.851. The molecule has 0 spiro atoms. The van der Waals surface area contributed by atoms with Gasteiger partial charge in [-0.1, -0.05) is 12.1 Å². The molecule has 1 fully saturated rings. The number of aliphatic imine (C=N–C) groups is 1. The first-order valence-corrected chi connectivity index (χ1v) is 11.7. The molecule has 0 amide bonds. The molecule has 1 unspecified atom stereocenters. The van der Waals surface area contributed by atoms with Crippen LogP contribution in [0.4, 0.5) is 0 Å². The second-order valence-corrected chi connectivity index (χ2v) is 8.24. The molecular formula is C22H33N5O2S. The zero-order chi connectivity index (χ0) is 21.0. The number of thiophene rings is 1. The van der Waals surface area contributed by atoms with Crippen LogP contribution in [-0.4, -0.2) is 61.4 Å². The van der Waals surface area contributed by atoms with E-state index in [-0.39, 0.29) is 11.6 Å². The number of aryl methyl sites for hydroxylation is 1. The third-order valence-electron chi connectivity index (χ3n) is 5.14. The Bertz CT molecular complexity index is 815. The van der Waals surface area contributed by atoms with Crippen LogP contribution in [0.2, 0.25) is 0 Å². The summed E-state index contributed by atoms with van der Waals surface area (Å²) < 4.78 is 7.28. The summed E-state index contributed by atoms with van der Waals surface area (Å²) in [4.78, 5) is 20.5. The Balaban J connectivity index is 1.50. The number of hydrogen-bond donors (Lipinski definition) is 2. The van der Waals surface area contributed by atoms with Gasteiger partial charge in [-0.15, -0.1) is 11.3 Å². The van der Waals surface area contributed by atoms with Gasteiger partial charge in [0.1, 0.15) is 0 Å². The average Bonchev–Trinajstić information content (AvgIpc) is 3.30. The molecule has 2 aromatic rings. The zero-order valence-electron chi connectivity index (χ0n) is 17.8. The molecule has 0 bridgehead atoms. The lowest BCUT2D eigenvalue weighted by Crippen LogP contribution is -2.41. The van der Waals surface area contributed by atoms with E-state index in [1.807, 2.05) is 12.3 Å². The Kier molecular flexibility index (Phi) is 9.40. The molecule has 2 N–H and O–H groups in total. The van der Waals surface area contributed by atoms with Gasteiger partial charge in [-0.2, -0.15) is 0 Å². The minimum Gasteiger partial charge on any atom is -0.379 e. The lowest BCUT2D eigenvalue weighted by Gasteiger charge is -2.33. The summed E-state index contributed by atoms with van der Waals surface area (Å²) in [7, 11) is 0. The van der Waals surface area contributed by atoms with Crippen molar-refractivity contribution in [3.63, 3.8) is 0 Å². The van der Waals surface area contributed by atoms with Gasteiger partial charge < -0.3 is 19.9 Å². The fraction of sp³-hybridized carbons (Fsp3) is 0.545. The summed E-state index contributed by atoms with van der Waals surface area (Å²) in [6, 6.07) is 9.88. The molecule has 1 atom stereocenters. The van der Waals surface area contributed by atoms with Crippen LogP contribution in [-0.2, 0) is 11.3 Å². The molecule has 1 saturated heterocycles. The third-order valence-corrected chi connectivity index (χ3v) is 6.12. The number of ether oxygens (including phenoxy) is 1. The number of pyridine rings is 1. The number of guanidine groups is 1. The number of unbranched alkanes of at least 4 members (excludes halogenated alkanes) is 1. The number of nitrogens with one attached hydrogen (secondary N) is 2. The summed E-state index contributed by atoms with van der Waals surface area (Å²) in [6.45, 7) is 8.66. The zero-order valence-corrected chi connectivity index (χ0v) is 18.6. The average molecular weight is 432 g/mol. The summed E-state index contributed by atoms with van der Waals surface area (Å²) >= 11 is 1.79. The fourth-order valence-electron chi connectivity index (χ4n) is 3.53. The van der Waals surface area contributed by atoms with E-state index in [1.54, 1.807) is 28.0 Å². The van der Waals surface area contributed by atoms with Gasteiger partial charge in [-0.05, 0) is 37.3 Å². The highest BCUT2D eigenvalue weighted by Gasteiger charge is 2.23. The van der Waals surface area contributed by atoms with E-state index in [4.69, 9.17) is 9.73 Å². The molecule has 3 rings (SSSR count). The van der Waals surface area contributed by atoms with Gasteiger partial charge in [0.05, 0.1) is 25.8 Å². The molecular weight excluding hydrogens is 398 g/mol. The van der Waals surface area contributed by atoms with Crippen molar-refractivity contribution < 1.29 is 4.74 Å². The summed E-state index contributed by atoms with van der Waals surface area (Å²) in [6.07, 6.45) is 3.77. The minimum atomic E-state index is 0.0584. The lowest BCUT2D eigenvalue weighted by atomic mass is 10.2. The maximum absolute atomic E-state index is 11.8. The van der Waals surface area contributed by atoms with Crippen molar-refractivity contribution >= 4 is 17.3 Å². The summed E-state index contributed by atoms with van der Waals surface area (Å²) in [5, 5.41) is 8.92. The number of hydrogen-bond acceptors (Lipinski definition) is 5. The van der Waals surface area contributed by atoms with Crippen molar-refractivity contribution in [3.8, 4) is 0 Å². The molecule has 2 aromatic heterocycles. The Morgan fingerprint density at radius 2 is 2.07 bits per heavy atom. The predicted molar refractivity (Wildman–Crippen MR) is 123 cm³/mol. The Morgan fingerprint density at radius 1 is 1.20 bits per heavy atom. The van der Waals surface area contributed by atoms with E-state index in [1.165, 1.54) is 4.88 Å². The molecule has 8 heteroatoms. The van der Waals surface area contributed by atoms with Crippen molar-refractivity contribution in [2.75, 3.05) is 45.9 Å². The maximum Gasteiger partial charge on any atom is 0.250 e. The van der Waals surface area contributed by atoms with Gasteiger partial charge in [0.15, 0.2) is 5.96 Å². The lowest BCUT2D eigenvalue weighted by molar-refractivity contribution is 0.0186. The monoisotopic (exact) mass is 431 g/mol. The van der Waals surface area contributed by atoms with Crippen LogP contribution in [0.5, 0.6) is 0 Å². The fourth-order valence-corrected chi connectivity index (χ4v) is 4.39. The Hall–Kier alpha value is -2.16. The van der Waals surface area contributed by atoms with Crippen molar-refractivity contribution in [1.82, 2.24) is 20.1 Å². The topological polar surface area (TPSA) is 70.9 Å². The van der Waals surface area contributed by atoms with E-state index >= 15 is 0 Å². The van der Waals surface area contributed by atoms with Crippen molar-refractivity contribution in [2.45, 2.75) is 32.4 Å². The SMILES string of the molecule is CCNC(=NCC(c1cccs1)N1CCOCC1)NCCCCn1ccccc1=O. The molecule has 3 heterocycles. The van der Waals surface area contributed by atoms with Crippen LogP contribution in [0.15, 0.2) is 51.7 Å². The smallest absolute Gasteiger partial charge is 0.250 e. The number of nitrogens with zero attached hydrogens (tertiary/aromatic N) is 3. The normalized spacial score (nSPS) is 16.4. The quantitative estimate of drug-likeness (QED) is 0.343. The van der Waals surface area contributed by atoms with E-state index in [2.05, 4.69) is 40.0 Å². The molecule has 0 radical (unpaired) electrons.